The maximum Gasteiger partial charge on any atom is 0.223 e. The Kier molecular flexibility index (Phi) is 7.12. The zero-order chi connectivity index (χ0) is 16.2. The van der Waals surface area contributed by atoms with Crippen molar-refractivity contribution in [3.8, 4) is 0 Å². The summed E-state index contributed by atoms with van der Waals surface area (Å²) in [5, 5.41) is 6.59. The standard InChI is InChI=1S/C20H30N2O.ClH/c1-14(2)16-5-7-17(8-6-16)18-12-19(18)20(23)22-11-9-15-4-3-10-21-13-15;/h5-8,14-15,18-19,21H,3-4,9-13H2,1-2H3,(H,22,23);1H. The predicted molar refractivity (Wildman–Crippen MR) is 102 cm³/mol. The summed E-state index contributed by atoms with van der Waals surface area (Å²) in [5.74, 6) is 2.20. The molecule has 0 spiro atoms. The Balaban J connectivity index is 0.00000208. The molecule has 1 saturated carbocycles. The number of hydrogen-bond donors (Lipinski definition) is 2. The first-order valence-electron chi connectivity index (χ1n) is 9.23. The van der Waals surface area contributed by atoms with Crippen LogP contribution in [0.4, 0.5) is 0 Å². The van der Waals surface area contributed by atoms with Crippen molar-refractivity contribution < 1.29 is 4.79 Å². The van der Waals surface area contributed by atoms with Crippen molar-refractivity contribution in [3.05, 3.63) is 35.4 Å². The fourth-order valence-corrected chi connectivity index (χ4v) is 3.68. The van der Waals surface area contributed by atoms with Gasteiger partial charge in [-0.25, -0.2) is 0 Å². The van der Waals surface area contributed by atoms with E-state index >= 15 is 0 Å². The summed E-state index contributed by atoms with van der Waals surface area (Å²) in [5.41, 5.74) is 2.70. The number of rotatable bonds is 6. The van der Waals surface area contributed by atoms with E-state index < -0.39 is 0 Å². The SMILES string of the molecule is CC(C)c1ccc(C2CC2C(=O)NCCC2CCCNC2)cc1.Cl. The van der Waals surface area contributed by atoms with Gasteiger partial charge in [-0.2, -0.15) is 0 Å². The lowest BCUT2D eigenvalue weighted by molar-refractivity contribution is -0.122. The number of hydrogen-bond acceptors (Lipinski definition) is 2. The van der Waals surface area contributed by atoms with Crippen molar-refractivity contribution in [3.63, 3.8) is 0 Å². The number of carbonyl (C=O) groups is 1. The number of nitrogens with one attached hydrogen (secondary N) is 2. The number of halogens is 1. The molecule has 1 aliphatic heterocycles. The third kappa shape index (κ3) is 4.97. The van der Waals surface area contributed by atoms with Gasteiger partial charge in [0.1, 0.15) is 0 Å². The quantitative estimate of drug-likeness (QED) is 0.818. The molecule has 0 bridgehead atoms. The normalized spacial score (nSPS) is 25.9. The third-order valence-electron chi connectivity index (χ3n) is 5.41. The van der Waals surface area contributed by atoms with Crippen molar-refractivity contribution >= 4 is 18.3 Å². The average molecular weight is 351 g/mol. The first-order chi connectivity index (χ1) is 11.1. The van der Waals surface area contributed by atoms with Crippen LogP contribution in [-0.2, 0) is 4.79 Å². The summed E-state index contributed by atoms with van der Waals surface area (Å²) in [6.07, 6.45) is 4.70. The summed E-state index contributed by atoms with van der Waals surface area (Å²) < 4.78 is 0. The van der Waals surface area contributed by atoms with E-state index in [4.69, 9.17) is 0 Å². The van der Waals surface area contributed by atoms with Gasteiger partial charge >= 0.3 is 0 Å². The molecule has 24 heavy (non-hydrogen) atoms. The van der Waals surface area contributed by atoms with Crippen molar-refractivity contribution in [1.82, 2.24) is 10.6 Å². The highest BCUT2D eigenvalue weighted by Crippen LogP contribution is 2.47. The van der Waals surface area contributed by atoms with Crippen LogP contribution in [0.5, 0.6) is 0 Å². The molecular weight excluding hydrogens is 320 g/mol. The van der Waals surface area contributed by atoms with Gasteiger partial charge in [0.2, 0.25) is 5.91 Å². The van der Waals surface area contributed by atoms with E-state index in [0.29, 0.717) is 11.8 Å². The van der Waals surface area contributed by atoms with Crippen molar-refractivity contribution in [2.75, 3.05) is 19.6 Å². The Morgan fingerprint density at radius 2 is 2.04 bits per heavy atom. The van der Waals surface area contributed by atoms with E-state index in [2.05, 4.69) is 48.7 Å². The molecule has 3 rings (SSSR count). The molecule has 3 nitrogen and oxygen atoms in total. The minimum atomic E-state index is 0. The number of piperidine rings is 1. The van der Waals surface area contributed by atoms with Crippen LogP contribution < -0.4 is 10.6 Å². The van der Waals surface area contributed by atoms with Crippen LogP contribution in [0.1, 0.15) is 62.5 Å². The van der Waals surface area contributed by atoms with Crippen LogP contribution in [0.25, 0.3) is 0 Å². The van der Waals surface area contributed by atoms with Gasteiger partial charge in [0.05, 0.1) is 0 Å². The molecule has 134 valence electrons. The van der Waals surface area contributed by atoms with Gasteiger partial charge in [-0.15, -0.1) is 12.4 Å². The van der Waals surface area contributed by atoms with Crippen LogP contribution >= 0.6 is 12.4 Å². The van der Waals surface area contributed by atoms with Gasteiger partial charge in [-0.1, -0.05) is 38.1 Å². The highest BCUT2D eigenvalue weighted by atomic mass is 35.5. The fraction of sp³-hybridized carbons (Fsp3) is 0.650. The lowest BCUT2D eigenvalue weighted by atomic mass is 9.96. The molecule has 3 atom stereocenters. The Labute approximate surface area is 152 Å². The first kappa shape index (κ1) is 19.3. The second-order valence-electron chi connectivity index (χ2n) is 7.56. The van der Waals surface area contributed by atoms with Crippen LogP contribution in [-0.4, -0.2) is 25.5 Å². The lowest BCUT2D eigenvalue weighted by Crippen LogP contribution is -2.33. The highest BCUT2D eigenvalue weighted by molar-refractivity contribution is 5.85. The summed E-state index contributed by atoms with van der Waals surface area (Å²) >= 11 is 0. The van der Waals surface area contributed by atoms with Crippen molar-refractivity contribution in [2.45, 2.75) is 51.4 Å². The van der Waals surface area contributed by atoms with Gasteiger partial charge in [-0.3, -0.25) is 4.79 Å². The van der Waals surface area contributed by atoms with Gasteiger partial charge in [0.15, 0.2) is 0 Å². The maximum absolute atomic E-state index is 12.3. The van der Waals surface area contributed by atoms with E-state index in [1.54, 1.807) is 0 Å². The topological polar surface area (TPSA) is 41.1 Å². The molecule has 1 aliphatic carbocycles. The minimum Gasteiger partial charge on any atom is -0.356 e. The second kappa shape index (κ2) is 8.87. The van der Waals surface area contributed by atoms with Crippen LogP contribution in [0.15, 0.2) is 24.3 Å². The third-order valence-corrected chi connectivity index (χ3v) is 5.41. The Morgan fingerprint density at radius 3 is 2.67 bits per heavy atom. The van der Waals surface area contributed by atoms with Crippen molar-refractivity contribution in [2.24, 2.45) is 11.8 Å². The molecule has 2 fully saturated rings. The van der Waals surface area contributed by atoms with E-state index in [1.165, 1.54) is 24.0 Å². The number of carbonyl (C=O) groups excluding carboxylic acids is 1. The molecule has 1 saturated heterocycles. The lowest BCUT2D eigenvalue weighted by Gasteiger charge is -2.22. The highest BCUT2D eigenvalue weighted by Gasteiger charge is 2.43. The minimum absolute atomic E-state index is 0. The van der Waals surface area contributed by atoms with Gasteiger partial charge < -0.3 is 10.6 Å². The maximum atomic E-state index is 12.3. The molecule has 0 radical (unpaired) electrons. The summed E-state index contributed by atoms with van der Waals surface area (Å²) in [4.78, 5) is 12.3. The Bertz CT molecular complexity index is 523. The van der Waals surface area contributed by atoms with Crippen molar-refractivity contribution in [1.29, 1.82) is 0 Å². The first-order valence-corrected chi connectivity index (χ1v) is 9.23. The van der Waals surface area contributed by atoms with Crippen LogP contribution in [0.3, 0.4) is 0 Å². The van der Waals surface area contributed by atoms with Crippen LogP contribution in [0, 0.1) is 11.8 Å². The molecule has 1 amide bonds. The predicted octanol–water partition coefficient (Wildman–Crippen LogP) is 3.84. The molecule has 4 heteroatoms. The molecule has 2 N–H and O–H groups in total. The van der Waals surface area contributed by atoms with Gasteiger partial charge in [0, 0.05) is 12.5 Å². The molecule has 1 aromatic rings. The molecule has 3 unspecified atom stereocenters. The summed E-state index contributed by atoms with van der Waals surface area (Å²) in [6, 6.07) is 8.84. The van der Waals surface area contributed by atoms with E-state index in [-0.39, 0.29) is 24.2 Å². The van der Waals surface area contributed by atoms with E-state index in [9.17, 15) is 4.79 Å². The van der Waals surface area contributed by atoms with Gasteiger partial charge in [-0.05, 0) is 67.7 Å². The van der Waals surface area contributed by atoms with Gasteiger partial charge in [0.25, 0.3) is 0 Å². The summed E-state index contributed by atoms with van der Waals surface area (Å²) in [6.45, 7) is 7.53. The molecule has 0 aromatic heterocycles. The van der Waals surface area contributed by atoms with E-state index in [0.717, 1.165) is 38.4 Å². The zero-order valence-corrected chi connectivity index (χ0v) is 15.7. The smallest absolute Gasteiger partial charge is 0.223 e. The fourth-order valence-electron chi connectivity index (χ4n) is 3.68. The molecule has 1 heterocycles. The molecule has 1 aromatic carbocycles. The van der Waals surface area contributed by atoms with Crippen LogP contribution in [0.2, 0.25) is 0 Å². The summed E-state index contributed by atoms with van der Waals surface area (Å²) in [7, 11) is 0. The number of amides is 1. The Hall–Kier alpha value is -1.06. The monoisotopic (exact) mass is 350 g/mol. The second-order valence-corrected chi connectivity index (χ2v) is 7.56. The van der Waals surface area contributed by atoms with E-state index in [1.807, 2.05) is 0 Å². The largest absolute Gasteiger partial charge is 0.356 e. The average Bonchev–Trinajstić information content (AvgIpc) is 3.36. The molecule has 2 aliphatic rings. The number of benzene rings is 1. The Morgan fingerprint density at radius 1 is 1.29 bits per heavy atom. The zero-order valence-electron chi connectivity index (χ0n) is 14.9. The molecular formula is C20H31ClN2O.